The van der Waals surface area contributed by atoms with Crippen LogP contribution in [-0.2, 0) is 4.74 Å². The molecule has 0 amide bonds. The highest BCUT2D eigenvalue weighted by molar-refractivity contribution is 5.48. The van der Waals surface area contributed by atoms with Crippen LogP contribution >= 0.6 is 0 Å². The normalized spacial score (nSPS) is 10.0. The van der Waals surface area contributed by atoms with Gasteiger partial charge in [-0.2, -0.15) is 9.97 Å². The van der Waals surface area contributed by atoms with E-state index in [2.05, 4.69) is 21.9 Å². The molecule has 0 bridgehead atoms. The van der Waals surface area contributed by atoms with E-state index >= 15 is 0 Å². The predicted molar refractivity (Wildman–Crippen MR) is 65.0 cm³/mol. The van der Waals surface area contributed by atoms with Gasteiger partial charge in [0.05, 0.1) is 13.2 Å². The topological polar surface area (TPSA) is 99.1 Å². The van der Waals surface area contributed by atoms with Gasteiger partial charge in [0.25, 0.3) is 0 Å². The van der Waals surface area contributed by atoms with Gasteiger partial charge in [-0.15, -0.1) is 6.58 Å². The first-order chi connectivity index (χ1) is 7.72. The molecule has 0 fully saturated rings. The van der Waals surface area contributed by atoms with Crippen LogP contribution in [0.4, 0.5) is 17.6 Å². The van der Waals surface area contributed by atoms with Gasteiger partial charge in [-0.25, -0.2) is 0 Å². The lowest BCUT2D eigenvalue weighted by molar-refractivity contribution is 0.149. The van der Waals surface area contributed by atoms with E-state index in [-0.39, 0.29) is 5.95 Å². The molecule has 6 heteroatoms. The standard InChI is InChI=1S/C10H17N5O/c1-2-3-5-16-6-4-13-9-7-8(11)14-10(12)15-9/h2,7H,1,3-6H2,(H5,11,12,13,14,15). The van der Waals surface area contributed by atoms with Crippen molar-refractivity contribution in [2.75, 3.05) is 36.5 Å². The molecule has 0 aromatic carbocycles. The van der Waals surface area contributed by atoms with Gasteiger partial charge in [0.15, 0.2) is 0 Å². The maximum absolute atomic E-state index is 5.52. The van der Waals surface area contributed by atoms with Crippen molar-refractivity contribution in [2.24, 2.45) is 0 Å². The lowest BCUT2D eigenvalue weighted by Crippen LogP contribution is -2.12. The molecule has 1 aromatic rings. The smallest absolute Gasteiger partial charge is 0.223 e. The second kappa shape index (κ2) is 6.62. The zero-order valence-corrected chi connectivity index (χ0v) is 9.15. The lowest BCUT2D eigenvalue weighted by atomic mass is 10.4. The van der Waals surface area contributed by atoms with E-state index < -0.39 is 0 Å². The summed E-state index contributed by atoms with van der Waals surface area (Å²) in [7, 11) is 0. The third-order valence-corrected chi connectivity index (χ3v) is 1.78. The Bertz CT molecular complexity index is 322. The van der Waals surface area contributed by atoms with Crippen molar-refractivity contribution in [1.82, 2.24) is 9.97 Å². The quantitative estimate of drug-likeness (QED) is 0.463. The first-order valence-electron chi connectivity index (χ1n) is 5.05. The van der Waals surface area contributed by atoms with Gasteiger partial charge in [-0.05, 0) is 6.42 Å². The third kappa shape index (κ3) is 4.61. The predicted octanol–water partition coefficient (Wildman–Crippen LogP) is 0.646. The Morgan fingerprint density at radius 2 is 2.19 bits per heavy atom. The van der Waals surface area contributed by atoms with Gasteiger partial charge in [-0.1, -0.05) is 6.08 Å². The summed E-state index contributed by atoms with van der Waals surface area (Å²) in [5.41, 5.74) is 11.0. The van der Waals surface area contributed by atoms with Crippen LogP contribution in [0, 0.1) is 0 Å². The highest BCUT2D eigenvalue weighted by Gasteiger charge is 1.98. The fourth-order valence-electron chi connectivity index (χ4n) is 1.10. The number of nitrogen functional groups attached to an aromatic ring is 2. The van der Waals surface area contributed by atoms with Gasteiger partial charge in [-0.3, -0.25) is 0 Å². The molecule has 0 atom stereocenters. The summed E-state index contributed by atoms with van der Waals surface area (Å²) >= 11 is 0. The summed E-state index contributed by atoms with van der Waals surface area (Å²) in [6.45, 7) is 5.53. The Hall–Kier alpha value is -1.82. The summed E-state index contributed by atoms with van der Waals surface area (Å²) in [4.78, 5) is 7.74. The van der Waals surface area contributed by atoms with E-state index in [9.17, 15) is 0 Å². The number of ether oxygens (including phenoxy) is 1. The third-order valence-electron chi connectivity index (χ3n) is 1.78. The van der Waals surface area contributed by atoms with Crippen LogP contribution in [-0.4, -0.2) is 29.7 Å². The average molecular weight is 223 g/mol. The highest BCUT2D eigenvalue weighted by Crippen LogP contribution is 2.08. The Morgan fingerprint density at radius 1 is 1.38 bits per heavy atom. The number of anilines is 3. The van der Waals surface area contributed by atoms with Crippen LogP contribution in [0.25, 0.3) is 0 Å². The molecule has 0 aliphatic heterocycles. The van der Waals surface area contributed by atoms with Crippen molar-refractivity contribution >= 4 is 17.6 Å². The van der Waals surface area contributed by atoms with Crippen LogP contribution in [0.2, 0.25) is 0 Å². The largest absolute Gasteiger partial charge is 0.383 e. The minimum atomic E-state index is 0.162. The molecule has 0 unspecified atom stereocenters. The first kappa shape index (κ1) is 12.3. The average Bonchev–Trinajstić information content (AvgIpc) is 2.22. The first-order valence-corrected chi connectivity index (χ1v) is 5.05. The number of aromatic nitrogens is 2. The molecule has 1 heterocycles. The molecule has 6 nitrogen and oxygen atoms in total. The van der Waals surface area contributed by atoms with E-state index in [1.807, 2.05) is 6.08 Å². The summed E-state index contributed by atoms with van der Waals surface area (Å²) in [6, 6.07) is 1.63. The number of nitrogens with two attached hydrogens (primary N) is 2. The molecule has 0 aliphatic rings. The molecule has 0 spiro atoms. The van der Waals surface area contributed by atoms with Gasteiger partial charge in [0.2, 0.25) is 5.95 Å². The van der Waals surface area contributed by atoms with Crippen LogP contribution in [0.15, 0.2) is 18.7 Å². The summed E-state index contributed by atoms with van der Waals surface area (Å²) in [5.74, 6) is 1.12. The SMILES string of the molecule is C=CCCOCCNc1cc(N)nc(N)n1. The van der Waals surface area contributed by atoms with Crippen molar-refractivity contribution < 1.29 is 4.74 Å². The second-order valence-corrected chi connectivity index (χ2v) is 3.15. The lowest BCUT2D eigenvalue weighted by Gasteiger charge is -2.06. The molecule has 5 N–H and O–H groups in total. The zero-order valence-electron chi connectivity index (χ0n) is 9.15. The number of nitrogens with one attached hydrogen (secondary N) is 1. The van der Waals surface area contributed by atoms with Crippen molar-refractivity contribution in [3.05, 3.63) is 18.7 Å². The van der Waals surface area contributed by atoms with Crippen molar-refractivity contribution in [2.45, 2.75) is 6.42 Å². The van der Waals surface area contributed by atoms with Gasteiger partial charge in [0, 0.05) is 12.6 Å². The highest BCUT2D eigenvalue weighted by atomic mass is 16.5. The summed E-state index contributed by atoms with van der Waals surface area (Å²) < 4.78 is 5.32. The minimum absolute atomic E-state index is 0.162. The van der Waals surface area contributed by atoms with E-state index in [1.54, 1.807) is 6.07 Å². The molecular weight excluding hydrogens is 206 g/mol. The Balaban J connectivity index is 2.23. The van der Waals surface area contributed by atoms with Crippen LogP contribution in [0.5, 0.6) is 0 Å². The van der Waals surface area contributed by atoms with Crippen LogP contribution in [0.1, 0.15) is 6.42 Å². The fourth-order valence-corrected chi connectivity index (χ4v) is 1.10. The van der Waals surface area contributed by atoms with E-state index in [4.69, 9.17) is 16.2 Å². The molecule has 0 radical (unpaired) electrons. The molecule has 16 heavy (non-hydrogen) atoms. The molecule has 1 aromatic heterocycles. The van der Waals surface area contributed by atoms with Crippen molar-refractivity contribution in [1.29, 1.82) is 0 Å². The van der Waals surface area contributed by atoms with E-state index in [1.165, 1.54) is 0 Å². The number of hydrogen-bond acceptors (Lipinski definition) is 6. The monoisotopic (exact) mass is 223 g/mol. The van der Waals surface area contributed by atoms with E-state index in [0.29, 0.717) is 31.4 Å². The minimum Gasteiger partial charge on any atom is -0.383 e. The van der Waals surface area contributed by atoms with E-state index in [0.717, 1.165) is 6.42 Å². The van der Waals surface area contributed by atoms with Crippen molar-refractivity contribution in [3.63, 3.8) is 0 Å². The fraction of sp³-hybridized carbons (Fsp3) is 0.400. The Morgan fingerprint density at radius 3 is 2.88 bits per heavy atom. The zero-order chi connectivity index (χ0) is 11.8. The van der Waals surface area contributed by atoms with Gasteiger partial charge < -0.3 is 21.5 Å². The molecule has 1 rings (SSSR count). The molecular formula is C10H17N5O. The molecule has 0 aliphatic carbocycles. The van der Waals surface area contributed by atoms with Crippen LogP contribution in [0.3, 0.4) is 0 Å². The number of nitrogens with zero attached hydrogens (tertiary/aromatic N) is 2. The van der Waals surface area contributed by atoms with Gasteiger partial charge >= 0.3 is 0 Å². The Labute approximate surface area is 94.7 Å². The second-order valence-electron chi connectivity index (χ2n) is 3.15. The molecule has 0 saturated carbocycles. The maximum Gasteiger partial charge on any atom is 0.223 e. The Kier molecular flexibility index (Phi) is 5.07. The number of hydrogen-bond donors (Lipinski definition) is 3. The molecule has 0 saturated heterocycles. The van der Waals surface area contributed by atoms with Crippen LogP contribution < -0.4 is 16.8 Å². The number of rotatable bonds is 7. The van der Waals surface area contributed by atoms with Crippen molar-refractivity contribution in [3.8, 4) is 0 Å². The summed E-state index contributed by atoms with van der Waals surface area (Å²) in [5, 5.41) is 3.04. The maximum atomic E-state index is 5.52. The molecule has 88 valence electrons. The van der Waals surface area contributed by atoms with Gasteiger partial charge in [0.1, 0.15) is 11.6 Å². The summed E-state index contributed by atoms with van der Waals surface area (Å²) in [6.07, 6.45) is 2.67.